The SMILES string of the molecule is CCOc1ccc(C2CCNCCN2C)cc1. The Morgan fingerprint density at radius 3 is 2.76 bits per heavy atom. The van der Waals surface area contributed by atoms with E-state index in [0.717, 1.165) is 32.0 Å². The van der Waals surface area contributed by atoms with E-state index < -0.39 is 0 Å². The average Bonchev–Trinajstić information content (AvgIpc) is 2.56. The summed E-state index contributed by atoms with van der Waals surface area (Å²) in [5.74, 6) is 0.964. The highest BCUT2D eigenvalue weighted by Crippen LogP contribution is 2.25. The van der Waals surface area contributed by atoms with Crippen molar-refractivity contribution in [2.24, 2.45) is 0 Å². The highest BCUT2D eigenvalue weighted by Gasteiger charge is 2.18. The van der Waals surface area contributed by atoms with Crippen LogP contribution in [0, 0.1) is 0 Å². The molecule has 94 valence electrons. The number of ether oxygens (including phenoxy) is 1. The van der Waals surface area contributed by atoms with Crippen LogP contribution in [0.4, 0.5) is 0 Å². The molecule has 1 aromatic rings. The van der Waals surface area contributed by atoms with Crippen molar-refractivity contribution in [1.82, 2.24) is 10.2 Å². The lowest BCUT2D eigenvalue weighted by Crippen LogP contribution is -2.26. The fourth-order valence-electron chi connectivity index (χ4n) is 2.37. The zero-order valence-corrected chi connectivity index (χ0v) is 10.8. The number of rotatable bonds is 3. The van der Waals surface area contributed by atoms with E-state index in [0.29, 0.717) is 6.04 Å². The van der Waals surface area contributed by atoms with Crippen molar-refractivity contribution in [1.29, 1.82) is 0 Å². The first-order chi connectivity index (χ1) is 8.31. The topological polar surface area (TPSA) is 24.5 Å². The largest absolute Gasteiger partial charge is 0.494 e. The van der Waals surface area contributed by atoms with Gasteiger partial charge in [0.25, 0.3) is 0 Å². The Labute approximate surface area is 104 Å². The average molecular weight is 234 g/mol. The number of benzene rings is 1. The van der Waals surface area contributed by atoms with Crippen molar-refractivity contribution >= 4 is 0 Å². The molecule has 0 aliphatic carbocycles. The van der Waals surface area contributed by atoms with Crippen molar-refractivity contribution in [3.63, 3.8) is 0 Å². The van der Waals surface area contributed by atoms with Crippen molar-refractivity contribution < 1.29 is 4.74 Å². The fraction of sp³-hybridized carbons (Fsp3) is 0.571. The fourth-order valence-corrected chi connectivity index (χ4v) is 2.37. The molecule has 0 aromatic heterocycles. The van der Waals surface area contributed by atoms with E-state index in [9.17, 15) is 0 Å². The third-order valence-corrected chi connectivity index (χ3v) is 3.34. The van der Waals surface area contributed by atoms with Gasteiger partial charge in [0.15, 0.2) is 0 Å². The lowest BCUT2D eigenvalue weighted by Gasteiger charge is -2.25. The van der Waals surface area contributed by atoms with E-state index in [-0.39, 0.29) is 0 Å². The lowest BCUT2D eigenvalue weighted by atomic mass is 10.0. The minimum absolute atomic E-state index is 0.528. The Bertz CT molecular complexity index is 337. The number of hydrogen-bond donors (Lipinski definition) is 1. The molecule has 1 heterocycles. The summed E-state index contributed by atoms with van der Waals surface area (Å²) >= 11 is 0. The Hall–Kier alpha value is -1.06. The van der Waals surface area contributed by atoms with Crippen LogP contribution in [0.3, 0.4) is 0 Å². The summed E-state index contributed by atoms with van der Waals surface area (Å²) in [6.45, 7) is 6.04. The van der Waals surface area contributed by atoms with Gasteiger partial charge in [-0.2, -0.15) is 0 Å². The maximum atomic E-state index is 5.47. The van der Waals surface area contributed by atoms with E-state index in [2.05, 4.69) is 41.5 Å². The Kier molecular flexibility index (Phi) is 4.40. The molecule has 0 spiro atoms. The molecule has 1 N–H and O–H groups in total. The number of nitrogens with one attached hydrogen (secondary N) is 1. The minimum atomic E-state index is 0.528. The van der Waals surface area contributed by atoms with Crippen LogP contribution in [-0.2, 0) is 0 Å². The van der Waals surface area contributed by atoms with Crippen molar-refractivity contribution in [3.05, 3.63) is 29.8 Å². The maximum absolute atomic E-state index is 5.47. The highest BCUT2D eigenvalue weighted by molar-refractivity contribution is 5.29. The molecule has 0 radical (unpaired) electrons. The van der Waals surface area contributed by atoms with Gasteiger partial charge in [0.1, 0.15) is 5.75 Å². The van der Waals surface area contributed by atoms with E-state index in [4.69, 9.17) is 4.74 Å². The molecule has 1 aliphatic rings. The van der Waals surface area contributed by atoms with Crippen LogP contribution >= 0.6 is 0 Å². The van der Waals surface area contributed by atoms with Crippen LogP contribution in [0.2, 0.25) is 0 Å². The van der Waals surface area contributed by atoms with Gasteiger partial charge >= 0.3 is 0 Å². The summed E-state index contributed by atoms with van der Waals surface area (Å²) in [5, 5.41) is 3.44. The maximum Gasteiger partial charge on any atom is 0.119 e. The summed E-state index contributed by atoms with van der Waals surface area (Å²) in [6.07, 6.45) is 1.17. The molecule has 1 atom stereocenters. The molecule has 3 nitrogen and oxygen atoms in total. The molecule has 1 unspecified atom stereocenters. The molecular formula is C14H22N2O. The second-order valence-corrected chi connectivity index (χ2v) is 4.54. The van der Waals surface area contributed by atoms with Gasteiger partial charge in [-0.3, -0.25) is 4.90 Å². The van der Waals surface area contributed by atoms with Crippen LogP contribution in [0.15, 0.2) is 24.3 Å². The molecule has 0 bridgehead atoms. The quantitative estimate of drug-likeness (QED) is 0.866. The number of likely N-dealkylation sites (N-methyl/N-ethyl adjacent to an activating group) is 1. The molecule has 2 rings (SSSR count). The summed E-state index contributed by atoms with van der Waals surface area (Å²) < 4.78 is 5.47. The Balaban J connectivity index is 2.09. The summed E-state index contributed by atoms with van der Waals surface area (Å²) in [6, 6.07) is 9.06. The van der Waals surface area contributed by atoms with Crippen LogP contribution < -0.4 is 10.1 Å². The molecular weight excluding hydrogens is 212 g/mol. The summed E-state index contributed by atoms with van der Waals surface area (Å²) in [4.78, 5) is 2.43. The van der Waals surface area contributed by atoms with Gasteiger partial charge in [-0.05, 0) is 44.6 Å². The molecule has 1 saturated heterocycles. The van der Waals surface area contributed by atoms with Gasteiger partial charge in [-0.25, -0.2) is 0 Å². The standard InChI is InChI=1S/C14H22N2O/c1-3-17-13-6-4-12(5-7-13)14-8-9-15-10-11-16(14)2/h4-7,14-15H,3,8-11H2,1-2H3. The Morgan fingerprint density at radius 2 is 2.06 bits per heavy atom. The first-order valence-corrected chi connectivity index (χ1v) is 6.45. The van der Waals surface area contributed by atoms with E-state index in [1.165, 1.54) is 12.0 Å². The minimum Gasteiger partial charge on any atom is -0.494 e. The zero-order chi connectivity index (χ0) is 12.1. The van der Waals surface area contributed by atoms with Gasteiger partial charge in [0.05, 0.1) is 6.61 Å². The van der Waals surface area contributed by atoms with Gasteiger partial charge in [-0.1, -0.05) is 12.1 Å². The molecule has 1 aromatic carbocycles. The zero-order valence-electron chi connectivity index (χ0n) is 10.8. The van der Waals surface area contributed by atoms with Gasteiger partial charge in [0.2, 0.25) is 0 Å². The van der Waals surface area contributed by atoms with Gasteiger partial charge in [0, 0.05) is 19.1 Å². The van der Waals surface area contributed by atoms with Crippen molar-refractivity contribution in [2.45, 2.75) is 19.4 Å². The smallest absolute Gasteiger partial charge is 0.119 e. The van der Waals surface area contributed by atoms with Crippen LogP contribution in [-0.4, -0.2) is 38.2 Å². The Morgan fingerprint density at radius 1 is 1.29 bits per heavy atom. The first kappa shape index (κ1) is 12.4. The van der Waals surface area contributed by atoms with E-state index in [1.54, 1.807) is 0 Å². The van der Waals surface area contributed by atoms with E-state index in [1.807, 2.05) is 6.92 Å². The third-order valence-electron chi connectivity index (χ3n) is 3.34. The number of hydrogen-bond acceptors (Lipinski definition) is 3. The van der Waals surface area contributed by atoms with Crippen molar-refractivity contribution in [3.8, 4) is 5.75 Å². The van der Waals surface area contributed by atoms with Gasteiger partial charge < -0.3 is 10.1 Å². The summed E-state index contributed by atoms with van der Waals surface area (Å²) in [7, 11) is 2.20. The van der Waals surface area contributed by atoms with Gasteiger partial charge in [-0.15, -0.1) is 0 Å². The molecule has 17 heavy (non-hydrogen) atoms. The third kappa shape index (κ3) is 3.20. The predicted molar refractivity (Wildman–Crippen MR) is 70.5 cm³/mol. The first-order valence-electron chi connectivity index (χ1n) is 6.45. The molecule has 0 saturated carbocycles. The van der Waals surface area contributed by atoms with E-state index >= 15 is 0 Å². The number of nitrogens with zero attached hydrogens (tertiary/aromatic N) is 1. The molecule has 0 amide bonds. The second kappa shape index (κ2) is 6.03. The normalized spacial score (nSPS) is 22.1. The van der Waals surface area contributed by atoms with Crippen LogP contribution in [0.1, 0.15) is 24.9 Å². The molecule has 1 fully saturated rings. The van der Waals surface area contributed by atoms with Crippen molar-refractivity contribution in [2.75, 3.05) is 33.3 Å². The molecule has 3 heteroatoms. The van der Waals surface area contributed by atoms with Crippen LogP contribution in [0.5, 0.6) is 5.75 Å². The monoisotopic (exact) mass is 234 g/mol. The predicted octanol–water partition coefficient (Wildman–Crippen LogP) is 2.05. The highest BCUT2D eigenvalue weighted by atomic mass is 16.5. The summed E-state index contributed by atoms with van der Waals surface area (Å²) in [5.41, 5.74) is 1.39. The lowest BCUT2D eigenvalue weighted by molar-refractivity contribution is 0.258. The molecule has 1 aliphatic heterocycles. The van der Waals surface area contributed by atoms with Crippen LogP contribution in [0.25, 0.3) is 0 Å². The second-order valence-electron chi connectivity index (χ2n) is 4.54.